The Morgan fingerprint density at radius 3 is 2.00 bits per heavy atom. The standard InChI is InChI=1S/C14H12F6O/c1-12(2)10(21)4-3-7-5-8(13(15,16)17)6-9(11(7)12)14(18,19)20/h5-6H,3-4H2,1-2H3. The van der Waals surface area contributed by atoms with E-state index in [2.05, 4.69) is 0 Å². The fraction of sp³-hybridized carbons (Fsp3) is 0.500. The molecule has 0 saturated carbocycles. The molecular formula is C14H12F6O. The normalized spacial score (nSPS) is 18.6. The van der Waals surface area contributed by atoms with Gasteiger partial charge in [0, 0.05) is 11.8 Å². The summed E-state index contributed by atoms with van der Waals surface area (Å²) in [7, 11) is 0. The first-order valence-corrected chi connectivity index (χ1v) is 6.20. The van der Waals surface area contributed by atoms with Gasteiger partial charge in [0.2, 0.25) is 0 Å². The highest BCUT2D eigenvalue weighted by molar-refractivity contribution is 5.92. The number of hydrogen-bond acceptors (Lipinski definition) is 1. The van der Waals surface area contributed by atoms with Crippen LogP contribution in [0.5, 0.6) is 0 Å². The number of halogens is 6. The lowest BCUT2D eigenvalue weighted by Gasteiger charge is -2.34. The molecule has 0 bridgehead atoms. The second-order valence-electron chi connectivity index (χ2n) is 5.60. The van der Waals surface area contributed by atoms with Crippen molar-refractivity contribution in [1.29, 1.82) is 0 Å². The Bertz CT molecular complexity index is 595. The second-order valence-corrected chi connectivity index (χ2v) is 5.60. The van der Waals surface area contributed by atoms with Crippen LogP contribution < -0.4 is 0 Å². The average molecular weight is 310 g/mol. The van der Waals surface area contributed by atoms with E-state index in [4.69, 9.17) is 0 Å². The van der Waals surface area contributed by atoms with Gasteiger partial charge in [-0.3, -0.25) is 4.79 Å². The number of benzene rings is 1. The first kappa shape index (κ1) is 15.9. The van der Waals surface area contributed by atoms with Crippen LogP contribution in [0.25, 0.3) is 0 Å². The van der Waals surface area contributed by atoms with Crippen LogP contribution in [0.15, 0.2) is 12.1 Å². The van der Waals surface area contributed by atoms with E-state index >= 15 is 0 Å². The van der Waals surface area contributed by atoms with E-state index < -0.39 is 34.7 Å². The lowest BCUT2D eigenvalue weighted by atomic mass is 9.69. The largest absolute Gasteiger partial charge is 0.416 e. The average Bonchev–Trinajstić information content (AvgIpc) is 2.30. The number of carbonyl (C=O) groups is 1. The highest BCUT2D eigenvalue weighted by Gasteiger charge is 2.46. The van der Waals surface area contributed by atoms with Gasteiger partial charge in [-0.05, 0) is 43.5 Å². The van der Waals surface area contributed by atoms with Gasteiger partial charge in [0.1, 0.15) is 5.78 Å². The zero-order valence-electron chi connectivity index (χ0n) is 11.2. The third-order valence-electron chi connectivity index (χ3n) is 3.80. The topological polar surface area (TPSA) is 17.1 Å². The molecule has 0 heterocycles. The van der Waals surface area contributed by atoms with Gasteiger partial charge in [0.25, 0.3) is 0 Å². The molecule has 0 amide bonds. The van der Waals surface area contributed by atoms with Crippen LogP contribution in [0.3, 0.4) is 0 Å². The first-order chi connectivity index (χ1) is 9.35. The van der Waals surface area contributed by atoms with Gasteiger partial charge in [-0.15, -0.1) is 0 Å². The number of hydrogen-bond donors (Lipinski definition) is 0. The van der Waals surface area contributed by atoms with Crippen LogP contribution >= 0.6 is 0 Å². The summed E-state index contributed by atoms with van der Waals surface area (Å²) in [5, 5.41) is 0. The number of ketones is 1. The summed E-state index contributed by atoms with van der Waals surface area (Å²) in [5.74, 6) is -0.403. The molecule has 0 aromatic heterocycles. The molecule has 0 atom stereocenters. The van der Waals surface area contributed by atoms with E-state index in [0.717, 1.165) is 6.07 Å². The van der Waals surface area contributed by atoms with Crippen LogP contribution in [0, 0.1) is 0 Å². The Kier molecular flexibility index (Phi) is 3.38. The fourth-order valence-corrected chi connectivity index (χ4v) is 2.72. The van der Waals surface area contributed by atoms with Gasteiger partial charge >= 0.3 is 12.4 Å². The molecule has 2 rings (SSSR count). The van der Waals surface area contributed by atoms with Gasteiger partial charge in [0.15, 0.2) is 0 Å². The van der Waals surface area contributed by atoms with E-state index in [9.17, 15) is 31.1 Å². The summed E-state index contributed by atoms with van der Waals surface area (Å²) in [6.07, 6.45) is -9.97. The third kappa shape index (κ3) is 2.65. The van der Waals surface area contributed by atoms with E-state index in [1.807, 2.05) is 0 Å². The third-order valence-corrected chi connectivity index (χ3v) is 3.80. The predicted molar refractivity (Wildman–Crippen MR) is 62.8 cm³/mol. The van der Waals surface area contributed by atoms with Crippen molar-refractivity contribution in [2.24, 2.45) is 0 Å². The molecule has 116 valence electrons. The van der Waals surface area contributed by atoms with Crippen molar-refractivity contribution in [2.75, 3.05) is 0 Å². The fourth-order valence-electron chi connectivity index (χ4n) is 2.72. The minimum atomic E-state index is -4.94. The zero-order chi connectivity index (χ0) is 16.2. The van der Waals surface area contributed by atoms with E-state index in [1.54, 1.807) is 0 Å². The smallest absolute Gasteiger partial charge is 0.299 e. The van der Waals surface area contributed by atoms with Crippen molar-refractivity contribution in [3.8, 4) is 0 Å². The van der Waals surface area contributed by atoms with Crippen LogP contribution in [0.1, 0.15) is 42.5 Å². The van der Waals surface area contributed by atoms with Gasteiger partial charge in [-0.25, -0.2) is 0 Å². The highest BCUT2D eigenvalue weighted by Crippen LogP contribution is 2.45. The molecule has 0 fully saturated rings. The van der Waals surface area contributed by atoms with Crippen molar-refractivity contribution >= 4 is 5.78 Å². The van der Waals surface area contributed by atoms with Gasteiger partial charge < -0.3 is 0 Å². The first-order valence-electron chi connectivity index (χ1n) is 6.20. The molecule has 21 heavy (non-hydrogen) atoms. The van der Waals surface area contributed by atoms with E-state index in [0.29, 0.717) is 0 Å². The van der Waals surface area contributed by atoms with Crippen LogP contribution in [-0.4, -0.2) is 5.78 Å². The summed E-state index contributed by atoms with van der Waals surface area (Å²) >= 11 is 0. The summed E-state index contributed by atoms with van der Waals surface area (Å²) < 4.78 is 77.7. The van der Waals surface area contributed by atoms with E-state index in [1.165, 1.54) is 13.8 Å². The van der Waals surface area contributed by atoms with Gasteiger partial charge in [-0.1, -0.05) is 0 Å². The SMILES string of the molecule is CC1(C)C(=O)CCc2cc(C(F)(F)F)cc(C(F)(F)F)c21. The molecule has 0 N–H and O–H groups in total. The van der Waals surface area contributed by atoms with Crippen LogP contribution in [0.2, 0.25) is 0 Å². The Hall–Kier alpha value is -1.53. The lowest BCUT2D eigenvalue weighted by molar-refractivity contribution is -0.144. The summed E-state index contributed by atoms with van der Waals surface area (Å²) in [5.41, 5.74) is -4.53. The Morgan fingerprint density at radius 2 is 1.52 bits per heavy atom. The number of aryl methyl sites for hydroxylation is 1. The molecule has 1 aromatic carbocycles. The van der Waals surface area contributed by atoms with Crippen molar-refractivity contribution in [3.63, 3.8) is 0 Å². The molecule has 0 radical (unpaired) electrons. The highest BCUT2D eigenvalue weighted by atomic mass is 19.4. The molecule has 1 aromatic rings. The van der Waals surface area contributed by atoms with Crippen molar-refractivity contribution in [3.05, 3.63) is 34.4 Å². The molecule has 0 unspecified atom stereocenters. The molecule has 7 heteroatoms. The molecule has 1 aliphatic rings. The number of carbonyl (C=O) groups excluding carboxylic acids is 1. The van der Waals surface area contributed by atoms with Gasteiger partial charge in [-0.2, -0.15) is 26.3 Å². The molecule has 1 aliphatic carbocycles. The van der Waals surface area contributed by atoms with Crippen molar-refractivity contribution < 1.29 is 31.1 Å². The van der Waals surface area contributed by atoms with E-state index in [-0.39, 0.29) is 30.0 Å². The number of alkyl halides is 6. The molecule has 1 nitrogen and oxygen atoms in total. The molecular weight excluding hydrogens is 298 g/mol. The quantitative estimate of drug-likeness (QED) is 0.644. The summed E-state index contributed by atoms with van der Waals surface area (Å²) in [6.45, 7) is 2.63. The summed E-state index contributed by atoms with van der Waals surface area (Å²) in [4.78, 5) is 11.9. The Balaban J connectivity index is 2.81. The number of Topliss-reactive ketones (excluding diaryl/α,β-unsaturated/α-hetero) is 1. The zero-order valence-corrected chi connectivity index (χ0v) is 11.2. The second kappa shape index (κ2) is 4.48. The van der Waals surface area contributed by atoms with Gasteiger partial charge in [0.05, 0.1) is 11.1 Å². The van der Waals surface area contributed by atoms with Crippen LogP contribution in [0.4, 0.5) is 26.3 Å². The lowest BCUT2D eigenvalue weighted by Crippen LogP contribution is -2.37. The summed E-state index contributed by atoms with van der Waals surface area (Å²) in [6, 6.07) is 0.817. The number of fused-ring (bicyclic) bond motifs is 1. The molecule has 0 spiro atoms. The van der Waals surface area contributed by atoms with Crippen LogP contribution in [-0.2, 0) is 29.0 Å². The monoisotopic (exact) mass is 310 g/mol. The van der Waals surface area contributed by atoms with Crippen molar-refractivity contribution in [2.45, 2.75) is 44.5 Å². The minimum absolute atomic E-state index is 0.0539. The molecule has 0 saturated heterocycles. The Labute approximate surface area is 116 Å². The molecule has 0 aliphatic heterocycles. The maximum atomic E-state index is 13.1. The Morgan fingerprint density at radius 1 is 0.952 bits per heavy atom. The maximum Gasteiger partial charge on any atom is 0.416 e. The predicted octanol–water partition coefficient (Wildman–Crippen LogP) is 4.52. The minimum Gasteiger partial charge on any atom is -0.299 e. The number of rotatable bonds is 0. The maximum absolute atomic E-state index is 13.1. The van der Waals surface area contributed by atoms with Crippen molar-refractivity contribution in [1.82, 2.24) is 0 Å².